The zero-order valence-electron chi connectivity index (χ0n) is 10.3. The minimum absolute atomic E-state index is 0.0115. The lowest BCUT2D eigenvalue weighted by Gasteiger charge is -2.13. The molecule has 2 rings (SSSR count). The number of aryl methyl sites for hydroxylation is 2. The molecular formula is C11H19N3O2S. The molecule has 6 heteroatoms. The first-order chi connectivity index (χ1) is 8.00. The normalized spacial score (nSPS) is 22.8. The van der Waals surface area contributed by atoms with E-state index in [0.29, 0.717) is 6.42 Å². The SMILES string of the molecule is CCCn1cc(C)nc1NC1CCS(=O)(=O)C1. The average molecular weight is 257 g/mol. The van der Waals surface area contributed by atoms with Crippen LogP contribution in [0.2, 0.25) is 0 Å². The molecule has 0 aromatic carbocycles. The van der Waals surface area contributed by atoms with Crippen molar-refractivity contribution in [3.63, 3.8) is 0 Å². The summed E-state index contributed by atoms with van der Waals surface area (Å²) >= 11 is 0. The van der Waals surface area contributed by atoms with Crippen molar-refractivity contribution in [2.75, 3.05) is 16.8 Å². The first-order valence-electron chi connectivity index (χ1n) is 6.01. The fourth-order valence-corrected chi connectivity index (χ4v) is 3.84. The predicted octanol–water partition coefficient (Wildman–Crippen LogP) is 1.20. The Bertz CT molecular complexity index is 493. The van der Waals surface area contributed by atoms with Crippen molar-refractivity contribution in [2.24, 2.45) is 0 Å². The standard InChI is InChI=1S/C11H19N3O2S/c1-3-5-14-7-9(2)12-11(14)13-10-4-6-17(15,16)8-10/h7,10H,3-6,8H2,1-2H3,(H,12,13). The Morgan fingerprint density at radius 3 is 2.94 bits per heavy atom. The van der Waals surface area contributed by atoms with E-state index in [4.69, 9.17) is 0 Å². The van der Waals surface area contributed by atoms with Crippen LogP contribution < -0.4 is 5.32 Å². The minimum atomic E-state index is -2.83. The Hall–Kier alpha value is -1.04. The molecule has 5 nitrogen and oxygen atoms in total. The molecule has 0 aliphatic carbocycles. The molecule has 0 radical (unpaired) electrons. The summed E-state index contributed by atoms with van der Waals surface area (Å²) in [5, 5.41) is 3.24. The molecule has 1 atom stereocenters. The molecule has 2 heterocycles. The van der Waals surface area contributed by atoms with Gasteiger partial charge in [0.05, 0.1) is 17.2 Å². The lowest BCUT2D eigenvalue weighted by molar-refractivity contribution is 0.601. The van der Waals surface area contributed by atoms with Gasteiger partial charge in [-0.05, 0) is 19.8 Å². The molecule has 1 fully saturated rings. The second-order valence-corrected chi connectivity index (χ2v) is 6.87. The molecule has 1 unspecified atom stereocenters. The highest BCUT2D eigenvalue weighted by Crippen LogP contribution is 2.17. The summed E-state index contributed by atoms with van der Waals surface area (Å²) in [5.41, 5.74) is 0.960. The van der Waals surface area contributed by atoms with Crippen LogP contribution in [0.4, 0.5) is 5.95 Å². The van der Waals surface area contributed by atoms with E-state index in [0.717, 1.165) is 24.6 Å². The maximum absolute atomic E-state index is 11.4. The smallest absolute Gasteiger partial charge is 0.203 e. The van der Waals surface area contributed by atoms with Crippen molar-refractivity contribution in [1.29, 1.82) is 0 Å². The fraction of sp³-hybridized carbons (Fsp3) is 0.727. The van der Waals surface area contributed by atoms with Crippen molar-refractivity contribution >= 4 is 15.8 Å². The number of hydrogen-bond acceptors (Lipinski definition) is 4. The Morgan fingerprint density at radius 1 is 1.59 bits per heavy atom. The average Bonchev–Trinajstić information content (AvgIpc) is 2.72. The summed E-state index contributed by atoms with van der Waals surface area (Å²) in [4.78, 5) is 4.40. The summed E-state index contributed by atoms with van der Waals surface area (Å²) in [6.45, 7) is 4.96. The van der Waals surface area contributed by atoms with E-state index in [9.17, 15) is 8.42 Å². The fourth-order valence-electron chi connectivity index (χ4n) is 2.16. The van der Waals surface area contributed by atoms with E-state index in [1.807, 2.05) is 13.1 Å². The van der Waals surface area contributed by atoms with E-state index >= 15 is 0 Å². The second-order valence-electron chi connectivity index (χ2n) is 4.64. The van der Waals surface area contributed by atoms with Crippen molar-refractivity contribution in [1.82, 2.24) is 9.55 Å². The molecule has 1 saturated heterocycles. The summed E-state index contributed by atoms with van der Waals surface area (Å²) in [5.74, 6) is 1.31. The van der Waals surface area contributed by atoms with Gasteiger partial charge in [-0.25, -0.2) is 13.4 Å². The van der Waals surface area contributed by atoms with E-state index < -0.39 is 9.84 Å². The maximum Gasteiger partial charge on any atom is 0.203 e. The van der Waals surface area contributed by atoms with Gasteiger partial charge in [-0.3, -0.25) is 0 Å². The van der Waals surface area contributed by atoms with Crippen LogP contribution in [0.1, 0.15) is 25.5 Å². The Balaban J connectivity index is 2.08. The van der Waals surface area contributed by atoms with Gasteiger partial charge in [0.25, 0.3) is 0 Å². The third-order valence-electron chi connectivity index (χ3n) is 2.93. The molecule has 0 amide bonds. The molecule has 96 valence electrons. The molecule has 0 bridgehead atoms. The van der Waals surface area contributed by atoms with E-state index in [-0.39, 0.29) is 17.5 Å². The Kier molecular flexibility index (Phi) is 3.42. The monoisotopic (exact) mass is 257 g/mol. The van der Waals surface area contributed by atoms with Crippen molar-refractivity contribution < 1.29 is 8.42 Å². The second kappa shape index (κ2) is 4.68. The van der Waals surface area contributed by atoms with Gasteiger partial charge < -0.3 is 9.88 Å². The predicted molar refractivity (Wildman–Crippen MR) is 67.9 cm³/mol. The number of rotatable bonds is 4. The highest BCUT2D eigenvalue weighted by molar-refractivity contribution is 7.91. The summed E-state index contributed by atoms with van der Waals surface area (Å²) in [6.07, 6.45) is 3.71. The zero-order valence-corrected chi connectivity index (χ0v) is 11.1. The van der Waals surface area contributed by atoms with Gasteiger partial charge in [-0.1, -0.05) is 6.92 Å². The molecule has 1 aliphatic heterocycles. The molecule has 1 aliphatic rings. The van der Waals surface area contributed by atoms with Gasteiger partial charge in [-0.2, -0.15) is 0 Å². The van der Waals surface area contributed by atoms with Gasteiger partial charge in [0.2, 0.25) is 5.95 Å². The number of nitrogens with one attached hydrogen (secondary N) is 1. The van der Waals surface area contributed by atoms with Crippen LogP contribution in [0.3, 0.4) is 0 Å². The highest BCUT2D eigenvalue weighted by atomic mass is 32.2. The molecule has 0 spiro atoms. The van der Waals surface area contributed by atoms with Gasteiger partial charge in [0, 0.05) is 18.8 Å². The third-order valence-corrected chi connectivity index (χ3v) is 4.70. The van der Waals surface area contributed by atoms with Crippen LogP contribution in [0, 0.1) is 6.92 Å². The summed E-state index contributed by atoms with van der Waals surface area (Å²) < 4.78 is 24.8. The van der Waals surface area contributed by atoms with Crippen LogP contribution in [-0.4, -0.2) is 35.5 Å². The van der Waals surface area contributed by atoms with E-state index in [1.54, 1.807) is 0 Å². The summed E-state index contributed by atoms with van der Waals surface area (Å²) in [6, 6.07) is 0.0115. The number of anilines is 1. The van der Waals surface area contributed by atoms with Crippen LogP contribution >= 0.6 is 0 Å². The lowest BCUT2D eigenvalue weighted by atomic mass is 10.3. The van der Waals surface area contributed by atoms with Crippen LogP contribution in [0.15, 0.2) is 6.20 Å². The van der Waals surface area contributed by atoms with Crippen LogP contribution in [-0.2, 0) is 16.4 Å². The molecule has 1 N–H and O–H groups in total. The van der Waals surface area contributed by atoms with Crippen LogP contribution in [0.25, 0.3) is 0 Å². The Labute approximate surface area is 102 Å². The number of hydrogen-bond donors (Lipinski definition) is 1. The molecular weight excluding hydrogens is 238 g/mol. The quantitative estimate of drug-likeness (QED) is 0.880. The number of nitrogens with zero attached hydrogens (tertiary/aromatic N) is 2. The number of sulfone groups is 1. The van der Waals surface area contributed by atoms with E-state index in [2.05, 4.69) is 21.8 Å². The van der Waals surface area contributed by atoms with Crippen LogP contribution in [0.5, 0.6) is 0 Å². The first-order valence-corrected chi connectivity index (χ1v) is 7.83. The topological polar surface area (TPSA) is 64.0 Å². The lowest BCUT2D eigenvalue weighted by Crippen LogP contribution is -2.23. The Morgan fingerprint density at radius 2 is 2.35 bits per heavy atom. The third kappa shape index (κ3) is 3.00. The number of aromatic nitrogens is 2. The maximum atomic E-state index is 11.4. The van der Waals surface area contributed by atoms with Gasteiger partial charge >= 0.3 is 0 Å². The zero-order chi connectivity index (χ0) is 12.5. The van der Waals surface area contributed by atoms with E-state index in [1.165, 1.54) is 0 Å². The molecule has 0 saturated carbocycles. The first kappa shape index (κ1) is 12.4. The highest BCUT2D eigenvalue weighted by Gasteiger charge is 2.28. The van der Waals surface area contributed by atoms with Gasteiger partial charge in [-0.15, -0.1) is 0 Å². The number of imidazole rings is 1. The van der Waals surface area contributed by atoms with Crippen molar-refractivity contribution in [2.45, 2.75) is 39.3 Å². The van der Waals surface area contributed by atoms with Crippen molar-refractivity contribution in [3.05, 3.63) is 11.9 Å². The molecule has 1 aromatic rings. The van der Waals surface area contributed by atoms with Crippen molar-refractivity contribution in [3.8, 4) is 0 Å². The molecule has 1 aromatic heterocycles. The summed E-state index contributed by atoms with van der Waals surface area (Å²) in [7, 11) is -2.83. The largest absolute Gasteiger partial charge is 0.352 e. The van der Waals surface area contributed by atoms with Gasteiger partial charge in [0.1, 0.15) is 0 Å². The van der Waals surface area contributed by atoms with Gasteiger partial charge in [0.15, 0.2) is 9.84 Å². The minimum Gasteiger partial charge on any atom is -0.352 e. The molecule has 17 heavy (non-hydrogen) atoms.